The molecule has 33 heavy (non-hydrogen) atoms. The normalized spacial score (nSPS) is 10.9. The van der Waals surface area contributed by atoms with Crippen LogP contribution in [0.3, 0.4) is 0 Å². The van der Waals surface area contributed by atoms with E-state index >= 15 is 0 Å². The van der Waals surface area contributed by atoms with E-state index in [9.17, 15) is 14.4 Å². The van der Waals surface area contributed by atoms with E-state index in [-0.39, 0.29) is 23.1 Å². The molecule has 0 unspecified atom stereocenters. The van der Waals surface area contributed by atoms with Crippen molar-refractivity contribution in [3.63, 3.8) is 0 Å². The van der Waals surface area contributed by atoms with Gasteiger partial charge >= 0.3 is 5.69 Å². The van der Waals surface area contributed by atoms with Gasteiger partial charge < -0.3 is 10.2 Å². The number of pyridine rings is 1. The van der Waals surface area contributed by atoms with E-state index < -0.39 is 11.2 Å². The highest BCUT2D eigenvalue weighted by atomic mass is 16.2. The number of anilines is 3. The van der Waals surface area contributed by atoms with Gasteiger partial charge in [0.2, 0.25) is 0 Å². The van der Waals surface area contributed by atoms with E-state index in [4.69, 9.17) is 0 Å². The minimum Gasteiger partial charge on any atom is -0.378 e. The van der Waals surface area contributed by atoms with Crippen molar-refractivity contribution in [2.24, 2.45) is 7.05 Å². The molecule has 8 heteroatoms. The molecule has 0 saturated heterocycles. The first-order valence-corrected chi connectivity index (χ1v) is 10.4. The van der Waals surface area contributed by atoms with Crippen molar-refractivity contribution in [2.45, 2.75) is 6.54 Å². The quantitative estimate of drug-likeness (QED) is 0.464. The third kappa shape index (κ3) is 3.87. The van der Waals surface area contributed by atoms with Gasteiger partial charge in [0.05, 0.1) is 11.4 Å². The summed E-state index contributed by atoms with van der Waals surface area (Å²) in [4.78, 5) is 41.7. The highest BCUT2D eigenvalue weighted by Crippen LogP contribution is 2.24. The Bertz CT molecular complexity index is 1510. The molecule has 0 aliphatic rings. The molecule has 168 valence electrons. The van der Waals surface area contributed by atoms with Crippen molar-refractivity contribution >= 4 is 28.1 Å². The average Bonchev–Trinajstić information content (AvgIpc) is 2.80. The van der Waals surface area contributed by atoms with Crippen LogP contribution in [0.4, 0.5) is 17.1 Å². The second-order valence-corrected chi connectivity index (χ2v) is 7.88. The van der Waals surface area contributed by atoms with Gasteiger partial charge in [0.15, 0.2) is 0 Å². The van der Waals surface area contributed by atoms with Crippen molar-refractivity contribution in [1.82, 2.24) is 13.7 Å². The molecule has 0 radical (unpaired) electrons. The molecule has 0 atom stereocenters. The fourth-order valence-electron chi connectivity index (χ4n) is 3.79. The number of fused-ring (bicyclic) bond motifs is 1. The molecule has 0 spiro atoms. The van der Waals surface area contributed by atoms with Crippen molar-refractivity contribution in [1.29, 1.82) is 0 Å². The van der Waals surface area contributed by atoms with Crippen molar-refractivity contribution in [2.75, 3.05) is 24.3 Å². The van der Waals surface area contributed by atoms with E-state index in [2.05, 4.69) is 11.9 Å². The third-order valence-corrected chi connectivity index (χ3v) is 5.49. The number of hydrogen-bond acceptors (Lipinski definition) is 5. The van der Waals surface area contributed by atoms with E-state index in [1.165, 1.54) is 21.3 Å². The first-order valence-electron chi connectivity index (χ1n) is 10.4. The molecule has 2 heterocycles. The summed E-state index contributed by atoms with van der Waals surface area (Å²) < 4.78 is 3.83. The summed E-state index contributed by atoms with van der Waals surface area (Å²) in [6.45, 7) is 3.72. The number of benzene rings is 2. The first-order chi connectivity index (χ1) is 15.8. The number of para-hydroxylation sites is 1. The summed E-state index contributed by atoms with van der Waals surface area (Å²) in [5, 5.41) is 3.44. The summed E-state index contributed by atoms with van der Waals surface area (Å²) in [5.41, 5.74) is 1.44. The second kappa shape index (κ2) is 8.66. The van der Waals surface area contributed by atoms with Gasteiger partial charge in [-0.25, -0.2) is 9.36 Å². The van der Waals surface area contributed by atoms with Crippen molar-refractivity contribution in [3.05, 3.63) is 105 Å². The van der Waals surface area contributed by atoms with E-state index in [1.807, 2.05) is 49.3 Å². The molecular formula is C25H25N5O3. The lowest BCUT2D eigenvalue weighted by molar-refractivity contribution is 0.686. The Morgan fingerprint density at radius 2 is 1.67 bits per heavy atom. The number of aryl methyl sites for hydroxylation is 1. The van der Waals surface area contributed by atoms with Crippen LogP contribution in [0.25, 0.3) is 16.7 Å². The predicted molar refractivity (Wildman–Crippen MR) is 133 cm³/mol. The maximum absolute atomic E-state index is 13.5. The van der Waals surface area contributed by atoms with Crippen LogP contribution >= 0.6 is 0 Å². The largest absolute Gasteiger partial charge is 0.378 e. The molecule has 4 aromatic rings. The van der Waals surface area contributed by atoms with Gasteiger partial charge in [0.1, 0.15) is 11.0 Å². The van der Waals surface area contributed by atoms with Gasteiger partial charge in [0.25, 0.3) is 11.1 Å². The number of nitrogens with zero attached hydrogens (tertiary/aromatic N) is 4. The van der Waals surface area contributed by atoms with E-state index in [0.717, 1.165) is 10.3 Å². The van der Waals surface area contributed by atoms with Crippen LogP contribution in [0.5, 0.6) is 0 Å². The fourth-order valence-corrected chi connectivity index (χ4v) is 3.79. The summed E-state index contributed by atoms with van der Waals surface area (Å²) >= 11 is 0. The summed E-state index contributed by atoms with van der Waals surface area (Å²) in [5.74, 6) is 0. The van der Waals surface area contributed by atoms with Crippen LogP contribution in [-0.2, 0) is 13.6 Å². The molecule has 0 aliphatic carbocycles. The topological polar surface area (TPSA) is 81.3 Å². The number of rotatable bonds is 6. The van der Waals surface area contributed by atoms with Gasteiger partial charge in [-0.2, -0.15) is 0 Å². The molecule has 1 N–H and O–H groups in total. The molecule has 2 aromatic heterocycles. The highest BCUT2D eigenvalue weighted by molar-refractivity contribution is 5.91. The zero-order valence-electron chi connectivity index (χ0n) is 18.8. The summed E-state index contributed by atoms with van der Waals surface area (Å²) in [6.07, 6.45) is 1.50. The summed E-state index contributed by atoms with van der Waals surface area (Å²) in [7, 11) is 5.44. The minimum atomic E-state index is -0.541. The molecule has 4 rings (SSSR count). The number of allylic oxidation sites excluding steroid dienone is 1. The lowest BCUT2D eigenvalue weighted by Gasteiger charge is -2.19. The molecule has 8 nitrogen and oxygen atoms in total. The number of nitrogens with one attached hydrogen (secondary N) is 1. The zero-order chi connectivity index (χ0) is 23.7. The minimum absolute atomic E-state index is 0.0419. The fraction of sp³-hybridized carbons (Fsp3) is 0.160. The van der Waals surface area contributed by atoms with E-state index in [1.54, 1.807) is 31.3 Å². The molecular weight excluding hydrogens is 418 g/mol. The molecule has 0 amide bonds. The number of hydrogen-bond donors (Lipinski definition) is 1. The molecule has 0 fully saturated rings. The molecule has 0 saturated carbocycles. The van der Waals surface area contributed by atoms with Crippen LogP contribution < -0.4 is 27.0 Å². The lowest BCUT2D eigenvalue weighted by atomic mass is 10.2. The Kier molecular flexibility index (Phi) is 5.74. The number of aromatic nitrogens is 3. The Hall–Kier alpha value is -4.33. The highest BCUT2D eigenvalue weighted by Gasteiger charge is 2.20. The van der Waals surface area contributed by atoms with Crippen LogP contribution in [0.15, 0.2) is 87.7 Å². The van der Waals surface area contributed by atoms with Gasteiger partial charge in [-0.05, 0) is 36.4 Å². The molecule has 0 bridgehead atoms. The van der Waals surface area contributed by atoms with Crippen LogP contribution in [0, 0.1) is 0 Å². The first kappa shape index (κ1) is 21.9. The smallest absolute Gasteiger partial charge is 0.337 e. The maximum Gasteiger partial charge on any atom is 0.337 e. The van der Waals surface area contributed by atoms with Gasteiger partial charge in [0, 0.05) is 45.1 Å². The second-order valence-electron chi connectivity index (χ2n) is 7.88. The van der Waals surface area contributed by atoms with E-state index in [0.29, 0.717) is 17.1 Å². The third-order valence-electron chi connectivity index (χ3n) is 5.49. The maximum atomic E-state index is 13.5. The average molecular weight is 444 g/mol. The monoisotopic (exact) mass is 443 g/mol. The van der Waals surface area contributed by atoms with Crippen molar-refractivity contribution < 1.29 is 0 Å². The van der Waals surface area contributed by atoms with Crippen molar-refractivity contribution in [3.8, 4) is 5.69 Å². The zero-order valence-corrected chi connectivity index (χ0v) is 18.8. The van der Waals surface area contributed by atoms with Crippen LogP contribution in [0.2, 0.25) is 0 Å². The lowest BCUT2D eigenvalue weighted by Crippen LogP contribution is -2.41. The Labute approximate surface area is 190 Å². The standard InChI is InChI=1S/C25H25N5O3/c1-5-15-29-24(32)22-20(26-17-11-13-18(14-12-17)27(2)3)16-21(31)28(4)23(22)30(25(29)33)19-9-7-6-8-10-19/h5-14,16,26H,1,15H2,2-4H3. The Morgan fingerprint density at radius 1 is 1.00 bits per heavy atom. The SMILES string of the molecule is C=CCn1c(=O)c2c(Nc3ccc(N(C)C)cc3)cc(=O)n(C)c2n(-c2ccccc2)c1=O. The predicted octanol–water partition coefficient (Wildman–Crippen LogP) is 2.85. The Balaban J connectivity index is 2.07. The van der Waals surface area contributed by atoms with Gasteiger partial charge in [-0.15, -0.1) is 6.58 Å². The Morgan fingerprint density at radius 3 is 2.27 bits per heavy atom. The molecule has 0 aliphatic heterocycles. The molecule has 2 aromatic carbocycles. The summed E-state index contributed by atoms with van der Waals surface area (Å²) in [6, 6.07) is 17.9. The van der Waals surface area contributed by atoms with Crippen LogP contribution in [0.1, 0.15) is 0 Å². The van der Waals surface area contributed by atoms with Crippen LogP contribution in [-0.4, -0.2) is 27.8 Å². The van der Waals surface area contributed by atoms with Gasteiger partial charge in [-0.1, -0.05) is 24.3 Å². The van der Waals surface area contributed by atoms with Gasteiger partial charge in [-0.3, -0.25) is 18.7 Å².